The van der Waals surface area contributed by atoms with E-state index >= 15 is 0 Å². The Morgan fingerprint density at radius 3 is 2.63 bits per heavy atom. The summed E-state index contributed by atoms with van der Waals surface area (Å²) in [5, 5.41) is 4.69. The molecule has 1 N–H and O–H groups in total. The second kappa shape index (κ2) is 8.39. The van der Waals surface area contributed by atoms with Crippen molar-refractivity contribution in [2.45, 2.75) is 32.7 Å². The zero-order valence-electron chi connectivity index (χ0n) is 15.5. The Bertz CT molecular complexity index is 897. The molecule has 0 saturated carbocycles. The number of benzene rings is 1. The third kappa shape index (κ3) is 4.39. The van der Waals surface area contributed by atoms with Crippen molar-refractivity contribution >= 4 is 34.6 Å². The molecule has 2 aromatic rings. The lowest BCUT2D eigenvalue weighted by Gasteiger charge is -2.22. The van der Waals surface area contributed by atoms with E-state index in [0.717, 1.165) is 48.6 Å². The van der Waals surface area contributed by atoms with Gasteiger partial charge in [0.2, 0.25) is 5.91 Å². The van der Waals surface area contributed by atoms with Crippen LogP contribution in [0.15, 0.2) is 28.4 Å². The lowest BCUT2D eigenvalue weighted by atomic mass is 10.1. The molecule has 0 atom stereocenters. The van der Waals surface area contributed by atoms with Crippen molar-refractivity contribution in [2.75, 3.05) is 30.4 Å². The number of amides is 1. The zero-order chi connectivity index (χ0) is 19.4. The van der Waals surface area contributed by atoms with Gasteiger partial charge in [0.05, 0.1) is 24.0 Å². The minimum absolute atomic E-state index is 0.0641. The van der Waals surface area contributed by atoms with E-state index in [4.69, 9.17) is 4.74 Å². The molecule has 1 amide bonds. The number of hydrogen-bond acceptors (Lipinski definition) is 6. The van der Waals surface area contributed by atoms with E-state index in [2.05, 4.69) is 10.2 Å². The Kier molecular flexibility index (Phi) is 5.95. The highest BCUT2D eigenvalue weighted by atomic mass is 32.1. The summed E-state index contributed by atoms with van der Waals surface area (Å²) in [6, 6.07) is 5.21. The molecule has 1 aromatic carbocycles. The molecule has 1 aromatic heterocycles. The van der Waals surface area contributed by atoms with E-state index in [1.165, 1.54) is 7.11 Å². The lowest BCUT2D eigenvalue weighted by Crippen LogP contribution is -2.23. The first kappa shape index (κ1) is 19.2. The fraction of sp³-hybridized carbons (Fsp3) is 0.421. The van der Waals surface area contributed by atoms with Crippen molar-refractivity contribution in [3.8, 4) is 0 Å². The summed E-state index contributed by atoms with van der Waals surface area (Å²) < 4.78 is 6.38. The van der Waals surface area contributed by atoms with E-state index in [9.17, 15) is 14.4 Å². The molecule has 1 aliphatic rings. The van der Waals surface area contributed by atoms with Gasteiger partial charge in [0.15, 0.2) is 0 Å². The number of carbonyl (C=O) groups is 2. The average molecular weight is 389 g/mol. The van der Waals surface area contributed by atoms with Gasteiger partial charge >= 0.3 is 10.8 Å². The number of esters is 1. The number of rotatable bonds is 6. The molecule has 0 radical (unpaired) electrons. The number of aromatic nitrogens is 1. The molecule has 2 heterocycles. The summed E-state index contributed by atoms with van der Waals surface area (Å²) in [6.07, 6.45) is 2.39. The largest absolute Gasteiger partial charge is 0.465 e. The van der Waals surface area contributed by atoms with Gasteiger partial charge in [-0.3, -0.25) is 9.59 Å². The van der Waals surface area contributed by atoms with Gasteiger partial charge in [0.25, 0.3) is 0 Å². The van der Waals surface area contributed by atoms with Gasteiger partial charge in [0.1, 0.15) is 0 Å². The monoisotopic (exact) mass is 389 g/mol. The van der Waals surface area contributed by atoms with Crippen molar-refractivity contribution in [1.82, 2.24) is 4.57 Å². The van der Waals surface area contributed by atoms with Gasteiger partial charge in [-0.25, -0.2) is 4.79 Å². The van der Waals surface area contributed by atoms with Gasteiger partial charge in [-0.2, -0.15) is 0 Å². The molecule has 1 aliphatic heterocycles. The number of thiazole rings is 1. The maximum Gasteiger partial charge on any atom is 0.337 e. The molecular weight excluding hydrogens is 366 g/mol. The summed E-state index contributed by atoms with van der Waals surface area (Å²) in [4.78, 5) is 38.3. The van der Waals surface area contributed by atoms with Crippen molar-refractivity contribution in [3.05, 3.63) is 44.5 Å². The third-order valence-corrected chi connectivity index (χ3v) is 5.56. The highest BCUT2D eigenvalue weighted by molar-refractivity contribution is 7.07. The highest BCUT2D eigenvalue weighted by Crippen LogP contribution is 2.30. The SMILES string of the molecule is COC(=O)c1ccc(N2CCCC2)c(NC(=O)CCn2c(C)csc2=O)c1. The zero-order valence-corrected chi connectivity index (χ0v) is 16.3. The molecule has 27 heavy (non-hydrogen) atoms. The Balaban J connectivity index is 1.77. The second-order valence-electron chi connectivity index (χ2n) is 6.51. The maximum atomic E-state index is 12.5. The van der Waals surface area contributed by atoms with Crippen LogP contribution in [0.4, 0.5) is 11.4 Å². The number of aryl methyl sites for hydroxylation is 1. The van der Waals surface area contributed by atoms with E-state index < -0.39 is 5.97 Å². The molecule has 0 unspecified atom stereocenters. The number of nitrogens with zero attached hydrogens (tertiary/aromatic N) is 2. The molecule has 0 spiro atoms. The molecule has 8 heteroatoms. The molecular formula is C19H23N3O4S. The van der Waals surface area contributed by atoms with Crippen molar-refractivity contribution in [1.29, 1.82) is 0 Å². The fourth-order valence-corrected chi connectivity index (χ4v) is 3.98. The summed E-state index contributed by atoms with van der Waals surface area (Å²) in [6.45, 7) is 4.02. The second-order valence-corrected chi connectivity index (χ2v) is 7.33. The maximum absolute atomic E-state index is 12.5. The van der Waals surface area contributed by atoms with E-state index in [1.54, 1.807) is 22.1 Å². The van der Waals surface area contributed by atoms with Crippen LogP contribution in [0.3, 0.4) is 0 Å². The first-order chi connectivity index (χ1) is 13.0. The summed E-state index contributed by atoms with van der Waals surface area (Å²) in [7, 11) is 1.33. The minimum atomic E-state index is -0.445. The quantitative estimate of drug-likeness (QED) is 0.768. The van der Waals surface area contributed by atoms with Crippen LogP contribution in [0.25, 0.3) is 0 Å². The van der Waals surface area contributed by atoms with Crippen LogP contribution in [0.1, 0.15) is 35.3 Å². The summed E-state index contributed by atoms with van der Waals surface area (Å²) in [5.41, 5.74) is 2.74. The van der Waals surface area contributed by atoms with Crippen LogP contribution in [-0.2, 0) is 16.1 Å². The molecule has 0 bridgehead atoms. The molecule has 144 valence electrons. The average Bonchev–Trinajstić information content (AvgIpc) is 3.30. The Hall–Kier alpha value is -2.61. The van der Waals surface area contributed by atoms with E-state index in [-0.39, 0.29) is 17.2 Å². The number of carbonyl (C=O) groups excluding carboxylic acids is 2. The number of anilines is 2. The Morgan fingerprint density at radius 2 is 2.00 bits per heavy atom. The first-order valence-electron chi connectivity index (χ1n) is 8.91. The number of methoxy groups -OCH3 is 1. The summed E-state index contributed by atoms with van der Waals surface area (Å²) in [5.74, 6) is -0.645. The molecule has 3 rings (SSSR count). The predicted octanol–water partition coefficient (Wildman–Crippen LogP) is 2.63. The number of nitrogens with one attached hydrogen (secondary N) is 1. The van der Waals surface area contributed by atoms with Gasteiger partial charge in [0, 0.05) is 37.1 Å². The van der Waals surface area contributed by atoms with Crippen LogP contribution >= 0.6 is 11.3 Å². The Labute approximate surface area is 161 Å². The smallest absolute Gasteiger partial charge is 0.337 e. The van der Waals surface area contributed by atoms with Crippen LogP contribution < -0.4 is 15.1 Å². The minimum Gasteiger partial charge on any atom is -0.465 e. The van der Waals surface area contributed by atoms with Crippen molar-refractivity contribution in [3.63, 3.8) is 0 Å². The Morgan fingerprint density at radius 1 is 1.26 bits per heavy atom. The topological polar surface area (TPSA) is 80.6 Å². The third-order valence-electron chi connectivity index (χ3n) is 4.68. The van der Waals surface area contributed by atoms with Gasteiger partial charge < -0.3 is 19.5 Å². The standard InChI is InChI=1S/C19H23N3O4S/c1-13-12-27-19(25)22(13)10-7-17(23)20-15-11-14(18(24)26-2)5-6-16(15)21-8-3-4-9-21/h5-6,11-12H,3-4,7-10H2,1-2H3,(H,20,23). The number of hydrogen-bond donors (Lipinski definition) is 1. The van der Waals surface area contributed by atoms with Crippen LogP contribution in [0, 0.1) is 6.92 Å². The van der Waals surface area contributed by atoms with Crippen molar-refractivity contribution < 1.29 is 14.3 Å². The highest BCUT2D eigenvalue weighted by Gasteiger charge is 2.19. The van der Waals surface area contributed by atoms with Gasteiger partial charge in [-0.05, 0) is 38.0 Å². The van der Waals surface area contributed by atoms with Crippen LogP contribution in [-0.4, -0.2) is 36.6 Å². The lowest BCUT2D eigenvalue weighted by molar-refractivity contribution is -0.116. The van der Waals surface area contributed by atoms with E-state index in [1.807, 2.05) is 13.0 Å². The van der Waals surface area contributed by atoms with Gasteiger partial charge in [-0.15, -0.1) is 0 Å². The summed E-state index contributed by atoms with van der Waals surface area (Å²) >= 11 is 1.13. The molecule has 1 saturated heterocycles. The predicted molar refractivity (Wildman–Crippen MR) is 106 cm³/mol. The first-order valence-corrected chi connectivity index (χ1v) is 9.79. The van der Waals surface area contributed by atoms with Crippen LogP contribution in [0.2, 0.25) is 0 Å². The molecule has 1 fully saturated rings. The van der Waals surface area contributed by atoms with Gasteiger partial charge in [-0.1, -0.05) is 11.3 Å². The fourth-order valence-electron chi connectivity index (χ4n) is 3.22. The van der Waals surface area contributed by atoms with Crippen molar-refractivity contribution in [2.24, 2.45) is 0 Å². The normalized spacial score (nSPS) is 13.6. The molecule has 0 aliphatic carbocycles. The van der Waals surface area contributed by atoms with E-state index in [0.29, 0.717) is 17.8 Å². The van der Waals surface area contributed by atoms with Crippen LogP contribution in [0.5, 0.6) is 0 Å². The number of ether oxygens (including phenoxy) is 1. The molecule has 7 nitrogen and oxygen atoms in total.